The van der Waals surface area contributed by atoms with Gasteiger partial charge in [0.15, 0.2) is 0 Å². The van der Waals surface area contributed by atoms with Gasteiger partial charge in [-0.1, -0.05) is 18.2 Å². The van der Waals surface area contributed by atoms with E-state index in [1.807, 2.05) is 0 Å². The summed E-state index contributed by atoms with van der Waals surface area (Å²) in [6.07, 6.45) is 5.43. The second-order valence-corrected chi connectivity index (χ2v) is 7.98. The van der Waals surface area contributed by atoms with Crippen LogP contribution in [0.3, 0.4) is 0 Å². The molecule has 6 nitrogen and oxygen atoms in total. The molecule has 0 unspecified atom stereocenters. The highest BCUT2D eigenvalue weighted by Gasteiger charge is 2.35. The molecule has 0 radical (unpaired) electrons. The Kier molecular flexibility index (Phi) is 5.92. The number of aromatic amines is 1. The van der Waals surface area contributed by atoms with Crippen molar-refractivity contribution in [1.29, 1.82) is 0 Å². The van der Waals surface area contributed by atoms with Crippen molar-refractivity contribution < 1.29 is 18.0 Å². The average Bonchev–Trinajstić information content (AvgIpc) is 3.31. The maximum Gasteiger partial charge on any atom is 0.341 e. The lowest BCUT2D eigenvalue weighted by Crippen LogP contribution is -2.51. The first-order chi connectivity index (χ1) is 15.2. The average molecular weight is 462 g/mol. The Labute approximate surface area is 187 Å². The summed E-state index contributed by atoms with van der Waals surface area (Å²) in [5, 5.41) is 12.7. The number of fused-ring (bicyclic) bond motifs is 1. The second kappa shape index (κ2) is 8.66. The zero-order valence-electron chi connectivity index (χ0n) is 17.1. The molecule has 32 heavy (non-hydrogen) atoms. The Morgan fingerprint density at radius 1 is 1.31 bits per heavy atom. The van der Waals surface area contributed by atoms with E-state index in [1.165, 1.54) is 16.0 Å². The van der Waals surface area contributed by atoms with E-state index in [-0.39, 0.29) is 11.2 Å². The van der Waals surface area contributed by atoms with E-state index in [2.05, 4.69) is 21.9 Å². The van der Waals surface area contributed by atoms with Crippen LogP contribution in [0.15, 0.2) is 58.8 Å². The highest BCUT2D eigenvalue weighted by molar-refractivity contribution is 6.34. The van der Waals surface area contributed by atoms with Gasteiger partial charge in [0.05, 0.1) is 17.4 Å². The molecule has 0 aliphatic carbocycles. The minimum Gasteiger partial charge on any atom is -0.315 e. The maximum atomic E-state index is 14.4. The van der Waals surface area contributed by atoms with E-state index in [0.29, 0.717) is 41.5 Å². The Morgan fingerprint density at radius 2 is 2.06 bits per heavy atom. The molecule has 3 heterocycles. The van der Waals surface area contributed by atoms with E-state index >= 15 is 0 Å². The fourth-order valence-corrected chi connectivity index (χ4v) is 3.77. The number of halogens is 4. The lowest BCUT2D eigenvalue weighted by Gasteiger charge is -2.37. The van der Waals surface area contributed by atoms with Crippen LogP contribution in [0.2, 0.25) is 5.15 Å². The number of urea groups is 1. The molecule has 0 spiro atoms. The second-order valence-electron chi connectivity index (χ2n) is 7.60. The van der Waals surface area contributed by atoms with E-state index in [4.69, 9.17) is 11.6 Å². The van der Waals surface area contributed by atoms with Gasteiger partial charge in [0.1, 0.15) is 16.8 Å². The summed E-state index contributed by atoms with van der Waals surface area (Å²) < 4.78 is 41.0. The van der Waals surface area contributed by atoms with Gasteiger partial charge in [-0.25, -0.2) is 23.0 Å². The van der Waals surface area contributed by atoms with Crippen molar-refractivity contribution in [3.05, 3.63) is 70.2 Å². The summed E-state index contributed by atoms with van der Waals surface area (Å²) in [7, 11) is 0. The molecule has 2 aromatic rings. The van der Waals surface area contributed by atoms with Gasteiger partial charge in [0, 0.05) is 42.8 Å². The minimum absolute atomic E-state index is 0.270. The number of aromatic nitrogens is 2. The monoisotopic (exact) mass is 461 g/mol. The standard InChI is InChI=1S/C22H19ClF3N5O/c1-12(5-16(25)6-13(2)24)20-3-4-27-31(20)22(32)30-10-14(11-30)7-15-8-19-17(9-18(15)26)21(23)29-28-19/h4-9,20H,1,3,10-11H2,2H3,(H,28,29)/b13-6+,16-5+/t20-/m0/s1. The van der Waals surface area contributed by atoms with Gasteiger partial charge in [0.2, 0.25) is 0 Å². The number of rotatable bonds is 4. The first kappa shape index (κ1) is 21.9. The van der Waals surface area contributed by atoms with Gasteiger partial charge >= 0.3 is 6.03 Å². The van der Waals surface area contributed by atoms with Crippen LogP contribution in [-0.2, 0) is 0 Å². The van der Waals surface area contributed by atoms with Crippen LogP contribution in [0, 0.1) is 5.82 Å². The summed E-state index contributed by atoms with van der Waals surface area (Å²) in [4.78, 5) is 14.4. The molecule has 2 aliphatic rings. The number of H-pyrrole nitrogens is 1. The topological polar surface area (TPSA) is 64.6 Å². The third kappa shape index (κ3) is 4.34. The highest BCUT2D eigenvalue weighted by atomic mass is 35.5. The number of nitrogens with zero attached hydrogens (tertiary/aromatic N) is 4. The number of amides is 2. The number of nitrogens with one attached hydrogen (secondary N) is 1. The number of hydrazone groups is 1. The van der Waals surface area contributed by atoms with Crippen LogP contribution in [0.5, 0.6) is 0 Å². The van der Waals surface area contributed by atoms with Crippen molar-refractivity contribution in [2.24, 2.45) is 5.10 Å². The molecule has 1 aromatic heterocycles. The summed E-state index contributed by atoms with van der Waals surface area (Å²) in [6.45, 7) is 5.53. The predicted octanol–water partition coefficient (Wildman–Crippen LogP) is 5.52. The van der Waals surface area contributed by atoms with E-state index in [1.54, 1.807) is 18.4 Å². The molecule has 10 heteroatoms. The molecule has 4 rings (SSSR count). The first-order valence-electron chi connectivity index (χ1n) is 9.76. The van der Waals surface area contributed by atoms with Crippen molar-refractivity contribution in [3.63, 3.8) is 0 Å². The lowest BCUT2D eigenvalue weighted by molar-refractivity contribution is 0.142. The summed E-state index contributed by atoms with van der Waals surface area (Å²) in [6, 6.07) is 1.97. The predicted molar refractivity (Wildman–Crippen MR) is 118 cm³/mol. The SMILES string of the molecule is C=C(/C=C(F)\C=C(/C)F)[C@@H]1CC=NN1C(=O)N1CC(=Cc2cc3n[nH]c(Cl)c3cc2F)C1. The highest BCUT2D eigenvalue weighted by Crippen LogP contribution is 2.29. The van der Waals surface area contributed by atoms with Crippen molar-refractivity contribution in [2.75, 3.05) is 13.1 Å². The van der Waals surface area contributed by atoms with Crippen LogP contribution < -0.4 is 0 Å². The largest absolute Gasteiger partial charge is 0.341 e. The normalized spacial score (nSPS) is 19.0. The summed E-state index contributed by atoms with van der Waals surface area (Å²) in [5.41, 5.74) is 2.05. The Balaban J connectivity index is 1.42. The van der Waals surface area contributed by atoms with Gasteiger partial charge in [0.25, 0.3) is 0 Å². The molecular weight excluding hydrogens is 443 g/mol. The Bertz CT molecular complexity index is 1220. The smallest absolute Gasteiger partial charge is 0.315 e. The van der Waals surface area contributed by atoms with Crippen molar-refractivity contribution in [2.45, 2.75) is 19.4 Å². The van der Waals surface area contributed by atoms with Crippen LogP contribution in [0.25, 0.3) is 17.0 Å². The molecule has 1 aromatic carbocycles. The van der Waals surface area contributed by atoms with Crippen LogP contribution in [0.1, 0.15) is 18.9 Å². The molecule has 2 aliphatic heterocycles. The quantitative estimate of drug-likeness (QED) is 0.609. The van der Waals surface area contributed by atoms with Gasteiger partial charge in [-0.2, -0.15) is 10.2 Å². The zero-order valence-corrected chi connectivity index (χ0v) is 17.8. The Hall–Kier alpha value is -3.33. The molecule has 166 valence electrons. The lowest BCUT2D eigenvalue weighted by atomic mass is 10.0. The molecule has 0 bridgehead atoms. The van der Waals surface area contributed by atoms with Gasteiger partial charge < -0.3 is 4.90 Å². The molecule has 1 atom stereocenters. The third-order valence-electron chi connectivity index (χ3n) is 5.16. The van der Waals surface area contributed by atoms with Crippen LogP contribution in [-0.4, -0.2) is 51.5 Å². The van der Waals surface area contributed by atoms with Crippen molar-refractivity contribution in [1.82, 2.24) is 20.1 Å². The number of hydrogen-bond donors (Lipinski definition) is 1. The van der Waals surface area contributed by atoms with E-state index < -0.39 is 23.5 Å². The fourth-order valence-electron chi connectivity index (χ4n) is 3.57. The molecular formula is C22H19ClF3N5O. The van der Waals surface area contributed by atoms with Gasteiger partial charge in [-0.05, 0) is 42.4 Å². The fraction of sp³-hybridized carbons (Fsp3) is 0.227. The van der Waals surface area contributed by atoms with E-state index in [0.717, 1.165) is 24.6 Å². The van der Waals surface area contributed by atoms with Gasteiger partial charge in [-0.3, -0.25) is 5.10 Å². The Morgan fingerprint density at radius 3 is 2.78 bits per heavy atom. The molecule has 2 amide bonds. The number of carbonyl (C=O) groups excluding carboxylic acids is 1. The number of allylic oxidation sites excluding steroid dienone is 3. The maximum absolute atomic E-state index is 14.4. The molecule has 1 fully saturated rings. The minimum atomic E-state index is -0.791. The number of carbonyl (C=O) groups is 1. The molecule has 1 N–H and O–H groups in total. The van der Waals surface area contributed by atoms with Crippen molar-refractivity contribution >= 4 is 40.8 Å². The van der Waals surface area contributed by atoms with Crippen molar-refractivity contribution in [3.8, 4) is 0 Å². The van der Waals surface area contributed by atoms with Crippen LogP contribution in [0.4, 0.5) is 18.0 Å². The zero-order chi connectivity index (χ0) is 23.0. The molecule has 1 saturated heterocycles. The number of likely N-dealkylation sites (tertiary alicyclic amines) is 1. The summed E-state index contributed by atoms with van der Waals surface area (Å²) >= 11 is 5.93. The summed E-state index contributed by atoms with van der Waals surface area (Å²) in [5.74, 6) is -1.90. The number of hydrogen-bond acceptors (Lipinski definition) is 3. The first-order valence-corrected chi connectivity index (χ1v) is 10.1. The van der Waals surface area contributed by atoms with Gasteiger partial charge in [-0.15, -0.1) is 0 Å². The van der Waals surface area contributed by atoms with Crippen LogP contribution >= 0.6 is 11.6 Å². The third-order valence-corrected chi connectivity index (χ3v) is 5.45. The molecule has 0 saturated carbocycles. The van der Waals surface area contributed by atoms with E-state index in [9.17, 15) is 18.0 Å². The number of benzene rings is 1.